The molecule has 0 amide bonds. The first-order chi connectivity index (χ1) is 11.8. The molecule has 3 heteroatoms. The molecule has 1 aromatic carbocycles. The number of benzene rings is 1. The van der Waals surface area contributed by atoms with Crippen LogP contribution in [0.15, 0.2) is 42.6 Å². The van der Waals surface area contributed by atoms with E-state index < -0.39 is 0 Å². The number of anilines is 1. The zero-order valence-corrected chi connectivity index (χ0v) is 14.6. The summed E-state index contributed by atoms with van der Waals surface area (Å²) < 4.78 is 0. The van der Waals surface area contributed by atoms with Gasteiger partial charge in [-0.25, -0.2) is 0 Å². The van der Waals surface area contributed by atoms with Crippen LogP contribution in [0.4, 0.5) is 5.69 Å². The Bertz CT molecular complexity index is 680. The van der Waals surface area contributed by atoms with E-state index in [2.05, 4.69) is 51.2 Å². The predicted molar refractivity (Wildman–Crippen MR) is 99.4 cm³/mol. The lowest BCUT2D eigenvalue weighted by Crippen LogP contribution is -2.37. The summed E-state index contributed by atoms with van der Waals surface area (Å²) in [6.07, 6.45) is 7.04. The Morgan fingerprint density at radius 3 is 2.96 bits per heavy atom. The lowest BCUT2D eigenvalue weighted by Gasteiger charge is -2.28. The van der Waals surface area contributed by atoms with Crippen molar-refractivity contribution < 1.29 is 0 Å². The van der Waals surface area contributed by atoms with Crippen LogP contribution >= 0.6 is 0 Å². The molecule has 1 unspecified atom stereocenters. The second kappa shape index (κ2) is 6.94. The molecule has 3 nitrogen and oxygen atoms in total. The average molecular weight is 321 g/mol. The number of rotatable bonds is 4. The van der Waals surface area contributed by atoms with Crippen molar-refractivity contribution in [3.63, 3.8) is 0 Å². The third kappa shape index (κ3) is 3.32. The number of pyridine rings is 1. The van der Waals surface area contributed by atoms with Gasteiger partial charge in [-0.2, -0.15) is 0 Å². The van der Waals surface area contributed by atoms with E-state index in [0.29, 0.717) is 0 Å². The van der Waals surface area contributed by atoms with Gasteiger partial charge in [-0.05, 0) is 62.4 Å². The molecule has 0 bridgehead atoms. The van der Waals surface area contributed by atoms with E-state index >= 15 is 0 Å². The monoisotopic (exact) mass is 321 g/mol. The maximum Gasteiger partial charge on any atom is 0.0412 e. The van der Waals surface area contributed by atoms with Crippen molar-refractivity contribution in [2.75, 3.05) is 24.5 Å². The third-order valence-electron chi connectivity index (χ3n) is 5.50. The Morgan fingerprint density at radius 1 is 1.17 bits per heavy atom. The number of hydrogen-bond donors (Lipinski definition) is 0. The number of hydrogen-bond acceptors (Lipinski definition) is 3. The summed E-state index contributed by atoms with van der Waals surface area (Å²) in [6.45, 7) is 6.75. The number of aryl methyl sites for hydroxylation is 2. The summed E-state index contributed by atoms with van der Waals surface area (Å²) in [4.78, 5) is 9.73. The number of fused-ring (bicyclic) bond motifs is 2. The van der Waals surface area contributed by atoms with Crippen molar-refractivity contribution >= 4 is 5.69 Å². The van der Waals surface area contributed by atoms with Crippen LogP contribution in [0.2, 0.25) is 0 Å². The molecule has 4 rings (SSSR count). The molecule has 0 N–H and O–H groups in total. The molecule has 0 aliphatic carbocycles. The van der Waals surface area contributed by atoms with E-state index in [4.69, 9.17) is 0 Å². The molecule has 1 saturated heterocycles. The summed E-state index contributed by atoms with van der Waals surface area (Å²) in [6, 6.07) is 14.1. The van der Waals surface area contributed by atoms with Gasteiger partial charge in [-0.1, -0.05) is 24.3 Å². The van der Waals surface area contributed by atoms with Crippen LogP contribution in [0.1, 0.15) is 36.1 Å². The fourth-order valence-corrected chi connectivity index (χ4v) is 4.17. The zero-order chi connectivity index (χ0) is 16.4. The molecule has 2 aliphatic heterocycles. The van der Waals surface area contributed by atoms with Crippen molar-refractivity contribution in [2.45, 2.75) is 45.2 Å². The van der Waals surface area contributed by atoms with Gasteiger partial charge < -0.3 is 4.90 Å². The molecular formula is C21H27N3. The molecule has 2 aromatic rings. The number of para-hydroxylation sites is 1. The molecule has 0 spiro atoms. The number of aromatic nitrogens is 1. The largest absolute Gasteiger partial charge is 0.370 e. The Hall–Kier alpha value is -1.87. The second-order valence-electron chi connectivity index (χ2n) is 7.25. The fraction of sp³-hybridized carbons (Fsp3) is 0.476. The summed E-state index contributed by atoms with van der Waals surface area (Å²) in [7, 11) is 0. The highest BCUT2D eigenvalue weighted by Crippen LogP contribution is 2.31. The minimum Gasteiger partial charge on any atom is -0.370 e. The summed E-state index contributed by atoms with van der Waals surface area (Å²) >= 11 is 0. The molecule has 2 aliphatic rings. The lowest BCUT2D eigenvalue weighted by molar-refractivity contribution is 0.254. The molecule has 1 aromatic heterocycles. The Kier molecular flexibility index (Phi) is 4.52. The van der Waals surface area contributed by atoms with E-state index in [0.717, 1.165) is 31.2 Å². The van der Waals surface area contributed by atoms with Crippen molar-refractivity contribution in [3.8, 4) is 0 Å². The van der Waals surface area contributed by atoms with Crippen molar-refractivity contribution in [3.05, 3.63) is 59.4 Å². The maximum atomic E-state index is 4.42. The highest BCUT2D eigenvalue weighted by Gasteiger charge is 2.30. The SMILES string of the molecule is Cc1ccc(CCCN2CC3CCCN3Cc3ccccc32)cn1. The molecule has 0 radical (unpaired) electrons. The summed E-state index contributed by atoms with van der Waals surface area (Å²) in [5, 5.41) is 0. The predicted octanol–water partition coefficient (Wildman–Crippen LogP) is 3.81. The van der Waals surface area contributed by atoms with Crippen molar-refractivity contribution in [2.24, 2.45) is 0 Å². The van der Waals surface area contributed by atoms with Gasteiger partial charge in [0.15, 0.2) is 0 Å². The second-order valence-corrected chi connectivity index (χ2v) is 7.25. The topological polar surface area (TPSA) is 19.4 Å². The highest BCUT2D eigenvalue weighted by atomic mass is 15.3. The molecule has 24 heavy (non-hydrogen) atoms. The van der Waals surface area contributed by atoms with Gasteiger partial charge in [0.05, 0.1) is 0 Å². The van der Waals surface area contributed by atoms with Crippen molar-refractivity contribution in [1.29, 1.82) is 0 Å². The van der Waals surface area contributed by atoms with Crippen LogP contribution in [-0.4, -0.2) is 35.6 Å². The molecule has 1 atom stereocenters. The third-order valence-corrected chi connectivity index (χ3v) is 5.50. The normalized spacial score (nSPS) is 20.5. The van der Waals surface area contributed by atoms with E-state index in [1.165, 1.54) is 49.2 Å². The van der Waals surface area contributed by atoms with Crippen LogP contribution < -0.4 is 4.90 Å². The van der Waals surface area contributed by atoms with Gasteiger partial charge in [0.1, 0.15) is 0 Å². The van der Waals surface area contributed by atoms with Gasteiger partial charge in [0.25, 0.3) is 0 Å². The lowest BCUT2D eigenvalue weighted by atomic mass is 10.1. The van der Waals surface area contributed by atoms with Crippen LogP contribution in [-0.2, 0) is 13.0 Å². The molecule has 126 valence electrons. The quantitative estimate of drug-likeness (QED) is 0.854. The van der Waals surface area contributed by atoms with Crippen LogP contribution in [0.5, 0.6) is 0 Å². The Labute approximate surface area is 145 Å². The zero-order valence-electron chi connectivity index (χ0n) is 14.6. The van der Waals surface area contributed by atoms with E-state index in [1.54, 1.807) is 0 Å². The highest BCUT2D eigenvalue weighted by molar-refractivity contribution is 5.54. The van der Waals surface area contributed by atoms with Crippen LogP contribution in [0.25, 0.3) is 0 Å². The standard InChI is InChI=1S/C21H27N3/c1-17-10-11-18(14-22-17)6-4-13-24-16-20-8-5-12-23(20)15-19-7-2-3-9-21(19)24/h2-3,7,9-11,14,20H,4-6,8,12-13,15-16H2,1H3. The number of nitrogens with zero attached hydrogens (tertiary/aromatic N) is 3. The van der Waals surface area contributed by atoms with Gasteiger partial charge in [-0.15, -0.1) is 0 Å². The van der Waals surface area contributed by atoms with Gasteiger partial charge in [0, 0.05) is 43.3 Å². The molecule has 1 fully saturated rings. The van der Waals surface area contributed by atoms with Gasteiger partial charge in [-0.3, -0.25) is 9.88 Å². The Balaban J connectivity index is 1.45. The van der Waals surface area contributed by atoms with E-state index in [1.807, 2.05) is 13.1 Å². The van der Waals surface area contributed by atoms with Crippen LogP contribution in [0, 0.1) is 6.92 Å². The smallest absolute Gasteiger partial charge is 0.0412 e. The van der Waals surface area contributed by atoms with E-state index in [-0.39, 0.29) is 0 Å². The summed E-state index contributed by atoms with van der Waals surface area (Å²) in [5.41, 5.74) is 5.40. The van der Waals surface area contributed by atoms with Crippen molar-refractivity contribution in [1.82, 2.24) is 9.88 Å². The fourth-order valence-electron chi connectivity index (χ4n) is 4.17. The first kappa shape index (κ1) is 15.6. The van der Waals surface area contributed by atoms with Gasteiger partial charge in [0.2, 0.25) is 0 Å². The molecular weight excluding hydrogens is 294 g/mol. The average Bonchev–Trinajstić information content (AvgIpc) is 2.97. The minimum absolute atomic E-state index is 0.735. The Morgan fingerprint density at radius 2 is 2.08 bits per heavy atom. The maximum absolute atomic E-state index is 4.42. The van der Waals surface area contributed by atoms with E-state index in [9.17, 15) is 0 Å². The van der Waals surface area contributed by atoms with Crippen LogP contribution in [0.3, 0.4) is 0 Å². The molecule has 0 saturated carbocycles. The minimum atomic E-state index is 0.735. The molecule has 3 heterocycles. The summed E-state index contributed by atoms with van der Waals surface area (Å²) in [5.74, 6) is 0. The first-order valence-electron chi connectivity index (χ1n) is 9.28. The first-order valence-corrected chi connectivity index (χ1v) is 9.28. The van der Waals surface area contributed by atoms with Gasteiger partial charge >= 0.3 is 0 Å².